The van der Waals surface area contributed by atoms with Gasteiger partial charge in [-0.2, -0.15) is 4.98 Å². The molecule has 0 spiro atoms. The van der Waals surface area contributed by atoms with Crippen LogP contribution in [0.15, 0.2) is 22.8 Å². The highest BCUT2D eigenvalue weighted by molar-refractivity contribution is 9.10. The maximum absolute atomic E-state index is 11.6. The zero-order valence-electron chi connectivity index (χ0n) is 10.5. The molecule has 0 bridgehead atoms. The van der Waals surface area contributed by atoms with Crippen LogP contribution in [0.1, 0.15) is 0 Å². The van der Waals surface area contributed by atoms with Gasteiger partial charge >= 0.3 is 0 Å². The van der Waals surface area contributed by atoms with E-state index in [0.29, 0.717) is 11.6 Å². The van der Waals surface area contributed by atoms with E-state index in [1.807, 2.05) is 12.1 Å². The summed E-state index contributed by atoms with van der Waals surface area (Å²) in [6.45, 7) is 0.262. The molecular formula is C10H14BrN5O2S. The van der Waals surface area contributed by atoms with E-state index in [9.17, 15) is 8.42 Å². The predicted octanol–water partition coefficient (Wildman–Crippen LogP) is 0.795. The quantitative estimate of drug-likeness (QED) is 0.865. The van der Waals surface area contributed by atoms with Crippen molar-refractivity contribution in [3.8, 4) is 0 Å². The molecule has 104 valence electrons. The first-order valence-electron chi connectivity index (χ1n) is 5.54. The molecule has 0 unspecified atom stereocenters. The molecule has 0 fully saturated rings. The van der Waals surface area contributed by atoms with Crippen LogP contribution in [-0.2, 0) is 10.0 Å². The van der Waals surface area contributed by atoms with Crippen LogP contribution >= 0.6 is 15.9 Å². The van der Waals surface area contributed by atoms with Gasteiger partial charge in [0.05, 0.1) is 5.75 Å². The topological polar surface area (TPSA) is 79.6 Å². The van der Waals surface area contributed by atoms with Crippen molar-refractivity contribution in [1.82, 2.24) is 18.9 Å². The van der Waals surface area contributed by atoms with Gasteiger partial charge in [-0.1, -0.05) is 0 Å². The number of hydrogen-bond acceptors (Lipinski definition) is 5. The van der Waals surface area contributed by atoms with Gasteiger partial charge in [0.1, 0.15) is 0 Å². The van der Waals surface area contributed by atoms with Crippen LogP contribution in [-0.4, -0.2) is 53.7 Å². The summed E-state index contributed by atoms with van der Waals surface area (Å²) in [7, 11) is -0.184. The summed E-state index contributed by atoms with van der Waals surface area (Å²) in [6, 6.07) is 3.68. The Bertz CT molecular complexity index is 682. The number of nitrogens with zero attached hydrogens (tertiary/aromatic N) is 4. The molecule has 0 radical (unpaired) electrons. The van der Waals surface area contributed by atoms with Crippen LogP contribution < -0.4 is 5.32 Å². The van der Waals surface area contributed by atoms with Gasteiger partial charge in [-0.25, -0.2) is 17.2 Å². The van der Waals surface area contributed by atoms with Gasteiger partial charge < -0.3 is 5.32 Å². The molecule has 0 aliphatic rings. The predicted molar refractivity (Wildman–Crippen MR) is 76.7 cm³/mol. The molecular weight excluding hydrogens is 334 g/mol. The first kappa shape index (κ1) is 14.2. The number of anilines is 1. The third kappa shape index (κ3) is 3.43. The fraction of sp³-hybridized carbons (Fsp3) is 0.400. The van der Waals surface area contributed by atoms with Crippen LogP contribution in [0.5, 0.6) is 0 Å². The summed E-state index contributed by atoms with van der Waals surface area (Å²) in [5, 5.41) is 7.09. The fourth-order valence-corrected chi connectivity index (χ4v) is 2.46. The van der Waals surface area contributed by atoms with Gasteiger partial charge in [0.25, 0.3) is 0 Å². The fourth-order valence-electron chi connectivity index (χ4n) is 1.41. The Morgan fingerprint density at radius 3 is 2.84 bits per heavy atom. The van der Waals surface area contributed by atoms with E-state index in [4.69, 9.17) is 0 Å². The Kier molecular flexibility index (Phi) is 4.07. The lowest BCUT2D eigenvalue weighted by molar-refractivity contribution is 0.521. The van der Waals surface area contributed by atoms with Gasteiger partial charge in [0.15, 0.2) is 5.65 Å². The minimum atomic E-state index is -3.20. The Hall–Kier alpha value is -1.19. The SMILES string of the molecule is CN(C)S(=O)(=O)CCNc1nc2ccc(Br)cn2n1. The van der Waals surface area contributed by atoms with Crippen molar-refractivity contribution >= 4 is 37.5 Å². The zero-order chi connectivity index (χ0) is 14.0. The van der Waals surface area contributed by atoms with E-state index in [0.717, 1.165) is 4.47 Å². The van der Waals surface area contributed by atoms with Gasteiger partial charge in [-0.15, -0.1) is 5.10 Å². The molecule has 0 aromatic carbocycles. The molecule has 19 heavy (non-hydrogen) atoms. The first-order valence-corrected chi connectivity index (χ1v) is 7.95. The van der Waals surface area contributed by atoms with Gasteiger partial charge in [-0.05, 0) is 28.1 Å². The molecule has 2 rings (SSSR count). The molecule has 7 nitrogen and oxygen atoms in total. The van der Waals surface area contributed by atoms with E-state index in [1.54, 1.807) is 10.7 Å². The summed E-state index contributed by atoms with van der Waals surface area (Å²) in [5.41, 5.74) is 0.696. The summed E-state index contributed by atoms with van der Waals surface area (Å²) in [6.07, 6.45) is 1.78. The van der Waals surface area contributed by atoms with Crippen molar-refractivity contribution in [3.05, 3.63) is 22.8 Å². The van der Waals surface area contributed by atoms with Crippen molar-refractivity contribution in [2.75, 3.05) is 31.7 Å². The van der Waals surface area contributed by atoms with E-state index >= 15 is 0 Å². The second kappa shape index (κ2) is 5.43. The molecule has 2 aromatic rings. The lowest BCUT2D eigenvalue weighted by Crippen LogP contribution is -2.28. The Morgan fingerprint density at radius 1 is 1.42 bits per heavy atom. The third-order valence-corrected chi connectivity index (χ3v) is 4.80. The van der Waals surface area contributed by atoms with Crippen molar-refractivity contribution < 1.29 is 8.42 Å². The molecule has 2 aromatic heterocycles. The number of sulfonamides is 1. The third-order valence-electron chi connectivity index (χ3n) is 2.49. The lowest BCUT2D eigenvalue weighted by atomic mass is 10.5. The van der Waals surface area contributed by atoms with Crippen molar-refractivity contribution in [2.24, 2.45) is 0 Å². The molecule has 0 atom stereocenters. The van der Waals surface area contributed by atoms with Crippen molar-refractivity contribution in [2.45, 2.75) is 0 Å². The first-order chi connectivity index (χ1) is 8.88. The number of hydrogen-bond donors (Lipinski definition) is 1. The van der Waals surface area contributed by atoms with E-state index in [1.165, 1.54) is 18.4 Å². The van der Waals surface area contributed by atoms with Crippen molar-refractivity contribution in [1.29, 1.82) is 0 Å². The molecule has 0 aliphatic carbocycles. The minimum absolute atomic E-state index is 0.000748. The van der Waals surface area contributed by atoms with Crippen LogP contribution in [0, 0.1) is 0 Å². The van der Waals surface area contributed by atoms with Gasteiger partial charge in [0, 0.05) is 31.3 Å². The summed E-state index contributed by atoms with van der Waals surface area (Å²) in [5.74, 6) is 0.409. The van der Waals surface area contributed by atoms with Crippen LogP contribution in [0.3, 0.4) is 0 Å². The zero-order valence-corrected chi connectivity index (χ0v) is 12.9. The maximum atomic E-state index is 11.6. The van der Waals surface area contributed by atoms with Crippen LogP contribution in [0.4, 0.5) is 5.95 Å². The summed E-state index contributed by atoms with van der Waals surface area (Å²) >= 11 is 3.34. The van der Waals surface area contributed by atoms with E-state index < -0.39 is 10.0 Å². The molecule has 0 aliphatic heterocycles. The second-order valence-corrected chi connectivity index (χ2v) is 7.33. The minimum Gasteiger partial charge on any atom is -0.352 e. The number of halogens is 1. The number of aromatic nitrogens is 3. The average molecular weight is 348 g/mol. The molecule has 9 heteroatoms. The molecule has 1 N–H and O–H groups in total. The number of nitrogens with one attached hydrogen (secondary N) is 1. The maximum Gasteiger partial charge on any atom is 0.243 e. The molecule has 0 amide bonds. The monoisotopic (exact) mass is 347 g/mol. The normalized spacial score (nSPS) is 12.2. The number of pyridine rings is 1. The van der Waals surface area contributed by atoms with Crippen LogP contribution in [0.2, 0.25) is 0 Å². The second-order valence-electron chi connectivity index (χ2n) is 4.11. The Morgan fingerprint density at radius 2 is 2.16 bits per heavy atom. The van der Waals surface area contributed by atoms with Gasteiger partial charge in [-0.3, -0.25) is 0 Å². The average Bonchev–Trinajstić information content (AvgIpc) is 2.70. The summed E-state index contributed by atoms with van der Waals surface area (Å²) < 4.78 is 26.9. The number of fused-ring (bicyclic) bond motifs is 1. The molecule has 2 heterocycles. The highest BCUT2D eigenvalue weighted by Crippen LogP contribution is 2.12. The highest BCUT2D eigenvalue weighted by Gasteiger charge is 2.13. The summed E-state index contributed by atoms with van der Waals surface area (Å²) in [4.78, 5) is 4.23. The van der Waals surface area contributed by atoms with Crippen LogP contribution in [0.25, 0.3) is 5.65 Å². The Balaban J connectivity index is 2.03. The highest BCUT2D eigenvalue weighted by atomic mass is 79.9. The van der Waals surface area contributed by atoms with Crippen molar-refractivity contribution in [3.63, 3.8) is 0 Å². The molecule has 0 saturated carbocycles. The smallest absolute Gasteiger partial charge is 0.243 e. The van der Waals surface area contributed by atoms with E-state index in [-0.39, 0.29) is 12.3 Å². The largest absolute Gasteiger partial charge is 0.352 e. The standard InChI is InChI=1S/C10H14BrN5O2S/c1-15(2)19(17,18)6-5-12-10-13-9-4-3-8(11)7-16(9)14-10/h3-4,7H,5-6H2,1-2H3,(H,12,14). The molecule has 0 saturated heterocycles. The van der Waals surface area contributed by atoms with E-state index in [2.05, 4.69) is 31.3 Å². The lowest BCUT2D eigenvalue weighted by Gasteiger charge is -2.10. The number of rotatable bonds is 5. The van der Waals surface area contributed by atoms with Gasteiger partial charge in [0.2, 0.25) is 16.0 Å². The Labute approximate surface area is 119 Å².